The number of phenols is 1. The molecule has 1 amide bonds. The Hall–Kier alpha value is -6.55. The summed E-state index contributed by atoms with van der Waals surface area (Å²) in [5.74, 6) is -2.26. The molecule has 6 rings (SSSR count). The number of aromatic hydroxyl groups is 1. The van der Waals surface area contributed by atoms with Gasteiger partial charge in [-0.25, -0.2) is 4.21 Å². The Balaban J connectivity index is 1.38. The summed E-state index contributed by atoms with van der Waals surface area (Å²) in [5.41, 5.74) is -0.750. The Morgan fingerprint density at radius 3 is 2.25 bits per heavy atom. The van der Waals surface area contributed by atoms with E-state index in [1.165, 1.54) is 37.3 Å². The first-order valence-electron chi connectivity index (χ1n) is 16.8. The molecular formula is C35H29FN8O13S4. The molecule has 0 saturated heterocycles. The molecule has 6 aromatic rings. The lowest BCUT2D eigenvalue weighted by Crippen LogP contribution is -2.27. The van der Waals surface area contributed by atoms with E-state index in [1.54, 1.807) is 0 Å². The number of hydrogen-bond acceptors (Lipinski definition) is 17. The summed E-state index contributed by atoms with van der Waals surface area (Å²) in [6.07, 6.45) is -0.340. The van der Waals surface area contributed by atoms with Crippen molar-refractivity contribution in [3.05, 3.63) is 103 Å². The van der Waals surface area contributed by atoms with Gasteiger partial charge in [0.25, 0.3) is 36.3 Å². The van der Waals surface area contributed by atoms with E-state index in [0.29, 0.717) is 0 Å². The van der Waals surface area contributed by atoms with Crippen LogP contribution in [0, 0.1) is 13.0 Å². The molecule has 1 unspecified atom stereocenters. The topological polar surface area (TPSA) is 326 Å². The molecule has 21 nitrogen and oxygen atoms in total. The Morgan fingerprint density at radius 1 is 0.869 bits per heavy atom. The SMILES string of the molecule is C=COS(=O)CCNC(=O)c1cccc(Nc2nc(F)nc(Nc3cc(S(=O)(=O)O)cc4cc(C)c(N=Nc5ccc6c(S(=O)(=O)O)cccc6c5S(=O)(=O)O)c(O)c34)n2)c1. The minimum Gasteiger partial charge on any atom is -0.505 e. The third-order valence-corrected chi connectivity index (χ3v) is 11.9. The lowest BCUT2D eigenvalue weighted by molar-refractivity contribution is 0.0956. The zero-order chi connectivity index (χ0) is 44.4. The van der Waals surface area contributed by atoms with Crippen LogP contribution in [-0.4, -0.2) is 81.4 Å². The van der Waals surface area contributed by atoms with Crippen molar-refractivity contribution < 1.29 is 61.6 Å². The standard InChI is InChI=1S/C35H29FN8O13S4/c1-3-57-58(47)13-12-37-32(46)19-6-4-7-21(15-19)38-34-40-33(36)41-35(42-34)39-26-17-22(59(48,49)50)16-20-14-18(2)29(30(45)28(20)26)44-43-25-11-10-23-24(31(25)61(54,55)56)8-5-9-27(23)60(51,52)53/h3-11,14-17,45H,1,12-13H2,2H3,(H,37,46)(H,48,49,50)(H,51,52,53)(H,54,55,56)(H2,38,39,40,41,42). The summed E-state index contributed by atoms with van der Waals surface area (Å²) in [4.78, 5) is 21.7. The van der Waals surface area contributed by atoms with Gasteiger partial charge >= 0.3 is 6.08 Å². The first kappa shape index (κ1) is 44.0. The van der Waals surface area contributed by atoms with Gasteiger partial charge in [-0.15, -0.1) is 10.2 Å². The second-order valence-corrected chi connectivity index (χ2v) is 17.8. The van der Waals surface area contributed by atoms with Gasteiger partial charge in [0.2, 0.25) is 23.0 Å². The Kier molecular flexibility index (Phi) is 12.4. The van der Waals surface area contributed by atoms with Gasteiger partial charge in [-0.1, -0.05) is 30.8 Å². The van der Waals surface area contributed by atoms with Gasteiger partial charge in [-0.05, 0) is 66.4 Å². The first-order chi connectivity index (χ1) is 28.6. The first-order valence-corrected chi connectivity index (χ1v) is 22.4. The van der Waals surface area contributed by atoms with Gasteiger partial charge in [0, 0.05) is 34.0 Å². The van der Waals surface area contributed by atoms with Crippen LogP contribution in [-0.2, 0) is 45.6 Å². The monoisotopic (exact) mass is 916 g/mol. The maximum absolute atomic E-state index is 14.9. The van der Waals surface area contributed by atoms with Gasteiger partial charge < -0.3 is 25.2 Å². The van der Waals surface area contributed by atoms with E-state index in [4.69, 9.17) is 4.18 Å². The van der Waals surface area contributed by atoms with Crippen LogP contribution in [0.3, 0.4) is 0 Å². The van der Waals surface area contributed by atoms with E-state index in [0.717, 1.165) is 48.7 Å². The predicted octanol–water partition coefficient (Wildman–Crippen LogP) is 5.53. The summed E-state index contributed by atoms with van der Waals surface area (Å²) in [6, 6.07) is 14.3. The molecule has 0 saturated carbocycles. The molecule has 61 heavy (non-hydrogen) atoms. The molecule has 1 aromatic heterocycles. The molecule has 0 bridgehead atoms. The highest BCUT2D eigenvalue weighted by atomic mass is 32.2. The van der Waals surface area contributed by atoms with E-state index < -0.39 is 91.4 Å². The number of carbonyl (C=O) groups excluding carboxylic acids is 1. The summed E-state index contributed by atoms with van der Waals surface area (Å²) < 4.78 is 135. The van der Waals surface area contributed by atoms with Crippen LogP contribution in [0.5, 0.6) is 5.75 Å². The maximum Gasteiger partial charge on any atom is 0.315 e. The van der Waals surface area contributed by atoms with E-state index in [2.05, 4.69) is 47.7 Å². The van der Waals surface area contributed by atoms with Crippen LogP contribution >= 0.6 is 0 Å². The minimum atomic E-state index is -5.15. The van der Waals surface area contributed by atoms with E-state index >= 15 is 0 Å². The summed E-state index contributed by atoms with van der Waals surface area (Å²) >= 11 is -1.70. The number of nitrogens with zero attached hydrogens (tertiary/aromatic N) is 5. The minimum absolute atomic E-state index is 0.000305. The fourth-order valence-electron chi connectivity index (χ4n) is 5.89. The van der Waals surface area contributed by atoms with Gasteiger partial charge in [-0.3, -0.25) is 18.5 Å². The van der Waals surface area contributed by atoms with Crippen LogP contribution in [0.4, 0.5) is 39.0 Å². The smallest absolute Gasteiger partial charge is 0.315 e. The van der Waals surface area contributed by atoms with Crippen molar-refractivity contribution in [2.45, 2.75) is 21.6 Å². The molecule has 0 radical (unpaired) electrons. The third kappa shape index (κ3) is 10.1. The number of carbonyl (C=O) groups is 1. The Labute approximate surface area is 347 Å². The van der Waals surface area contributed by atoms with Crippen LogP contribution in [0.15, 0.2) is 111 Å². The largest absolute Gasteiger partial charge is 0.505 e. The van der Waals surface area contributed by atoms with E-state index in [9.17, 15) is 57.4 Å². The van der Waals surface area contributed by atoms with Gasteiger partial charge in [0.1, 0.15) is 21.2 Å². The highest BCUT2D eigenvalue weighted by Crippen LogP contribution is 2.45. The number of anilines is 4. The lowest BCUT2D eigenvalue weighted by atomic mass is 10.0. The van der Waals surface area contributed by atoms with Crippen LogP contribution in [0.2, 0.25) is 0 Å². The number of rotatable bonds is 15. The number of benzene rings is 5. The van der Waals surface area contributed by atoms with Crippen molar-refractivity contribution in [1.29, 1.82) is 0 Å². The van der Waals surface area contributed by atoms with E-state index in [-0.39, 0.29) is 62.0 Å². The number of azo groups is 1. The maximum atomic E-state index is 14.9. The number of nitrogens with one attached hydrogen (secondary N) is 3. The zero-order valence-electron chi connectivity index (χ0n) is 30.8. The van der Waals surface area contributed by atoms with Crippen LogP contribution in [0.25, 0.3) is 21.5 Å². The normalized spacial score (nSPS) is 12.7. The number of fused-ring (bicyclic) bond motifs is 2. The highest BCUT2D eigenvalue weighted by Gasteiger charge is 2.25. The van der Waals surface area contributed by atoms with Crippen molar-refractivity contribution in [3.8, 4) is 5.75 Å². The van der Waals surface area contributed by atoms with Gasteiger partial charge in [0.15, 0.2) is 5.75 Å². The molecule has 26 heteroatoms. The number of aryl methyl sites for hydroxylation is 1. The molecule has 0 aliphatic heterocycles. The summed E-state index contributed by atoms with van der Waals surface area (Å²) in [6.45, 7) is 4.71. The quantitative estimate of drug-likeness (QED) is 0.0378. The number of halogens is 1. The van der Waals surface area contributed by atoms with Crippen molar-refractivity contribution in [2.75, 3.05) is 22.9 Å². The number of hydrogen-bond donors (Lipinski definition) is 7. The molecule has 5 aromatic carbocycles. The Morgan fingerprint density at radius 2 is 1.57 bits per heavy atom. The van der Waals surface area contributed by atoms with Gasteiger partial charge in [-0.2, -0.15) is 44.6 Å². The van der Waals surface area contributed by atoms with Crippen molar-refractivity contribution in [3.63, 3.8) is 0 Å². The molecule has 0 spiro atoms. The van der Waals surface area contributed by atoms with Crippen molar-refractivity contribution >= 4 is 104 Å². The summed E-state index contributed by atoms with van der Waals surface area (Å²) in [7, 11) is -14.9. The van der Waals surface area contributed by atoms with E-state index in [1.807, 2.05) is 0 Å². The number of phenolic OH excluding ortho intramolecular Hbond substituents is 1. The fraction of sp³-hybridized carbons (Fsp3) is 0.0857. The van der Waals surface area contributed by atoms with Gasteiger partial charge in [0.05, 0.1) is 22.6 Å². The molecule has 0 aliphatic rings. The molecule has 318 valence electrons. The molecular weight excluding hydrogens is 888 g/mol. The highest BCUT2D eigenvalue weighted by molar-refractivity contribution is 7.86. The average molecular weight is 917 g/mol. The molecule has 0 aliphatic carbocycles. The average Bonchev–Trinajstić information content (AvgIpc) is 3.15. The molecule has 1 atom stereocenters. The lowest BCUT2D eigenvalue weighted by Gasteiger charge is -2.15. The zero-order valence-corrected chi connectivity index (χ0v) is 34.1. The second kappa shape index (κ2) is 17.2. The molecule has 0 fully saturated rings. The molecule has 7 N–H and O–H groups in total. The van der Waals surface area contributed by atoms with Crippen LogP contribution in [0.1, 0.15) is 15.9 Å². The molecule has 1 heterocycles. The predicted molar refractivity (Wildman–Crippen MR) is 217 cm³/mol. The number of amides is 1. The second-order valence-electron chi connectivity index (χ2n) is 12.5. The van der Waals surface area contributed by atoms with Crippen LogP contribution < -0.4 is 16.0 Å². The van der Waals surface area contributed by atoms with Crippen molar-refractivity contribution in [2.24, 2.45) is 10.2 Å². The summed E-state index contributed by atoms with van der Waals surface area (Å²) in [5, 5.41) is 26.5. The Bertz CT molecular complexity index is 3190. The number of aromatic nitrogens is 3. The fourth-order valence-corrected chi connectivity index (χ4v) is 8.48. The van der Waals surface area contributed by atoms with Crippen molar-refractivity contribution in [1.82, 2.24) is 20.3 Å². The third-order valence-electron chi connectivity index (χ3n) is 8.36.